The monoisotopic (exact) mass is 245 g/mol. The number of aryl methyl sites for hydroxylation is 1. The minimum absolute atomic E-state index is 0.0423. The number of hydrogen-bond donors (Lipinski definition) is 0. The molecule has 0 aliphatic carbocycles. The second kappa shape index (κ2) is 5.01. The molecule has 0 spiro atoms. The van der Waals surface area contributed by atoms with E-state index in [1.54, 1.807) is 18.2 Å². The molecule has 1 rings (SSSR count). The quantitative estimate of drug-likeness (QED) is 0.603. The van der Waals surface area contributed by atoms with Crippen LogP contribution >= 0.6 is 11.8 Å². The van der Waals surface area contributed by atoms with E-state index < -0.39 is 10.1 Å². The molecule has 0 heterocycles. The lowest BCUT2D eigenvalue weighted by Gasteiger charge is -2.15. The first-order chi connectivity index (χ1) is 7.00. The highest BCUT2D eigenvalue weighted by Gasteiger charge is 2.12. The second-order valence-electron chi connectivity index (χ2n) is 2.99. The molecule has 0 amide bonds. The summed E-state index contributed by atoms with van der Waals surface area (Å²) in [6.45, 7) is 3.76. The van der Waals surface area contributed by atoms with E-state index in [0.29, 0.717) is 16.9 Å². The van der Waals surface area contributed by atoms with Crippen molar-refractivity contribution < 1.29 is 13.0 Å². The predicted molar refractivity (Wildman–Crippen MR) is 60.2 cm³/mol. The van der Waals surface area contributed by atoms with Crippen LogP contribution in [0.2, 0.25) is 0 Å². The van der Waals surface area contributed by atoms with Crippen LogP contribution in [0.5, 0.6) is 0 Å². The van der Waals surface area contributed by atoms with Crippen molar-refractivity contribution in [2.75, 3.05) is 5.75 Å². The van der Waals surface area contributed by atoms with E-state index in [-0.39, 0.29) is 4.90 Å². The van der Waals surface area contributed by atoms with Gasteiger partial charge in [-0.05, 0) is 23.8 Å². The summed E-state index contributed by atoms with van der Waals surface area (Å²) in [5.41, 5.74) is 0.600. The fourth-order valence-corrected chi connectivity index (χ4v) is 3.47. The Kier molecular flexibility index (Phi) is 4.19. The van der Waals surface area contributed by atoms with Crippen LogP contribution in [-0.2, 0) is 16.5 Å². The first-order valence-corrected chi connectivity index (χ1v) is 7.10. The van der Waals surface area contributed by atoms with Crippen molar-refractivity contribution in [1.82, 2.24) is 0 Å². The van der Waals surface area contributed by atoms with E-state index in [1.807, 2.05) is 13.8 Å². The summed E-state index contributed by atoms with van der Waals surface area (Å²) in [6.07, 6.45) is 0.551. The van der Waals surface area contributed by atoms with E-state index in [9.17, 15) is 13.0 Å². The number of hydrogen-bond acceptors (Lipinski definition) is 4. The molecule has 0 aliphatic heterocycles. The van der Waals surface area contributed by atoms with Gasteiger partial charge in [-0.2, -0.15) is 0 Å². The third kappa shape index (κ3) is 2.96. The van der Waals surface area contributed by atoms with Crippen LogP contribution in [0.1, 0.15) is 19.4 Å². The summed E-state index contributed by atoms with van der Waals surface area (Å²) in [6, 6.07) is 5.15. The summed E-state index contributed by atoms with van der Waals surface area (Å²) >= 11 is 1.38. The Morgan fingerprint density at radius 1 is 1.33 bits per heavy atom. The van der Waals surface area contributed by atoms with Gasteiger partial charge in [-0.15, -0.1) is 11.8 Å². The molecule has 0 bridgehead atoms. The minimum Gasteiger partial charge on any atom is -0.744 e. The Hall–Kier alpha value is -0.520. The maximum atomic E-state index is 11.1. The zero-order chi connectivity index (χ0) is 11.5. The van der Waals surface area contributed by atoms with E-state index in [4.69, 9.17) is 0 Å². The summed E-state index contributed by atoms with van der Waals surface area (Å²) in [5.74, 6) is 0.746. The van der Waals surface area contributed by atoms with Crippen LogP contribution in [-0.4, -0.2) is 18.7 Å². The van der Waals surface area contributed by atoms with Crippen molar-refractivity contribution in [3.05, 3.63) is 23.8 Å². The molecule has 0 N–H and O–H groups in total. The van der Waals surface area contributed by atoms with Crippen LogP contribution in [0.25, 0.3) is 0 Å². The van der Waals surface area contributed by atoms with Crippen LogP contribution in [0.3, 0.4) is 0 Å². The fraction of sp³-hybridized carbons (Fsp3) is 0.400. The van der Waals surface area contributed by atoms with Gasteiger partial charge in [0.15, 0.2) is 0 Å². The molecule has 0 saturated carbocycles. The molecule has 0 aliphatic rings. The average Bonchev–Trinajstić information content (AvgIpc) is 2.16. The zero-order valence-electron chi connectivity index (χ0n) is 8.69. The van der Waals surface area contributed by atoms with Crippen molar-refractivity contribution in [1.29, 1.82) is 0 Å². The second-order valence-corrected chi connectivity index (χ2v) is 5.61. The maximum Gasteiger partial charge on any atom is 0.125 e. The summed E-state index contributed by atoms with van der Waals surface area (Å²) < 4.78 is 33.4. The topological polar surface area (TPSA) is 57.2 Å². The van der Waals surface area contributed by atoms with Crippen LogP contribution in [0, 0.1) is 0 Å². The average molecular weight is 245 g/mol. The normalized spacial score (nSPS) is 11.7. The third-order valence-electron chi connectivity index (χ3n) is 1.99. The van der Waals surface area contributed by atoms with E-state index in [0.717, 1.165) is 5.75 Å². The standard InChI is InChI=1S/C10H14O3S2/c1-3-8-6-5-7-9(14-4-2)10(8)15(11,12)13/h5-7H,3-4H2,1-2H3,(H,11,12,13)/p-1. The molecule has 0 aromatic heterocycles. The molecule has 0 fully saturated rings. The highest BCUT2D eigenvalue weighted by molar-refractivity contribution is 7.99. The Morgan fingerprint density at radius 3 is 2.47 bits per heavy atom. The van der Waals surface area contributed by atoms with Gasteiger partial charge in [0.2, 0.25) is 0 Å². The number of rotatable bonds is 4. The van der Waals surface area contributed by atoms with Gasteiger partial charge in [-0.25, -0.2) is 8.42 Å². The first-order valence-electron chi connectivity index (χ1n) is 4.71. The molecule has 0 atom stereocenters. The largest absolute Gasteiger partial charge is 0.744 e. The fourth-order valence-electron chi connectivity index (χ4n) is 1.39. The molecular weight excluding hydrogens is 232 g/mol. The molecule has 15 heavy (non-hydrogen) atoms. The van der Waals surface area contributed by atoms with Gasteiger partial charge >= 0.3 is 0 Å². The number of benzene rings is 1. The molecule has 1 aromatic rings. The van der Waals surface area contributed by atoms with Gasteiger partial charge in [0.25, 0.3) is 0 Å². The third-order valence-corrected chi connectivity index (χ3v) is 4.04. The Balaban J connectivity index is 3.41. The SMILES string of the molecule is CCSc1cccc(CC)c1S(=O)(=O)[O-]. The van der Waals surface area contributed by atoms with Crippen molar-refractivity contribution >= 4 is 21.9 Å². The molecule has 5 heteroatoms. The summed E-state index contributed by atoms with van der Waals surface area (Å²) in [4.78, 5) is 0.520. The summed E-state index contributed by atoms with van der Waals surface area (Å²) in [5, 5.41) is 0. The highest BCUT2D eigenvalue weighted by Crippen LogP contribution is 2.29. The van der Waals surface area contributed by atoms with Crippen LogP contribution in [0.4, 0.5) is 0 Å². The van der Waals surface area contributed by atoms with Crippen LogP contribution in [0.15, 0.2) is 28.0 Å². The molecule has 84 valence electrons. The smallest absolute Gasteiger partial charge is 0.125 e. The van der Waals surface area contributed by atoms with Gasteiger partial charge in [0.1, 0.15) is 10.1 Å². The van der Waals surface area contributed by atoms with Gasteiger partial charge < -0.3 is 4.55 Å². The number of thioether (sulfide) groups is 1. The first kappa shape index (κ1) is 12.5. The van der Waals surface area contributed by atoms with E-state index in [1.165, 1.54) is 11.8 Å². The van der Waals surface area contributed by atoms with Gasteiger partial charge in [-0.3, -0.25) is 0 Å². The highest BCUT2D eigenvalue weighted by atomic mass is 32.2. The van der Waals surface area contributed by atoms with Crippen molar-refractivity contribution in [3.8, 4) is 0 Å². The molecular formula is C10H13O3S2-. The van der Waals surface area contributed by atoms with Crippen molar-refractivity contribution in [2.45, 2.75) is 30.1 Å². The van der Waals surface area contributed by atoms with Crippen LogP contribution < -0.4 is 0 Å². The maximum absolute atomic E-state index is 11.1. The van der Waals surface area contributed by atoms with E-state index >= 15 is 0 Å². The minimum atomic E-state index is -4.37. The van der Waals surface area contributed by atoms with Crippen molar-refractivity contribution in [3.63, 3.8) is 0 Å². The van der Waals surface area contributed by atoms with Gasteiger partial charge in [0, 0.05) is 4.90 Å². The molecule has 0 radical (unpaired) electrons. The Bertz CT molecular complexity index is 438. The molecule has 0 saturated heterocycles. The van der Waals surface area contributed by atoms with Crippen molar-refractivity contribution in [2.24, 2.45) is 0 Å². The van der Waals surface area contributed by atoms with Gasteiger partial charge in [-0.1, -0.05) is 26.0 Å². The van der Waals surface area contributed by atoms with E-state index in [2.05, 4.69) is 0 Å². The lowest BCUT2D eigenvalue weighted by Crippen LogP contribution is -2.05. The molecule has 0 unspecified atom stereocenters. The Labute approximate surface area is 94.6 Å². The Morgan fingerprint density at radius 2 is 2.00 bits per heavy atom. The molecule has 1 aromatic carbocycles. The summed E-state index contributed by atoms with van der Waals surface area (Å²) in [7, 11) is -4.37. The van der Waals surface area contributed by atoms with Gasteiger partial charge in [0.05, 0.1) is 4.90 Å². The lowest BCUT2D eigenvalue weighted by molar-refractivity contribution is 0.460. The zero-order valence-corrected chi connectivity index (χ0v) is 10.3. The predicted octanol–water partition coefficient (Wildman–Crippen LogP) is 2.27. The molecule has 3 nitrogen and oxygen atoms in total. The lowest BCUT2D eigenvalue weighted by atomic mass is 10.2.